The summed E-state index contributed by atoms with van der Waals surface area (Å²) in [6.45, 7) is 3.41. The van der Waals surface area contributed by atoms with Gasteiger partial charge in [-0.15, -0.1) is 0 Å². The van der Waals surface area contributed by atoms with Gasteiger partial charge < -0.3 is 9.64 Å². The Labute approximate surface area is 157 Å². The van der Waals surface area contributed by atoms with Gasteiger partial charge in [0.15, 0.2) is 11.5 Å². The van der Waals surface area contributed by atoms with Gasteiger partial charge in [0.25, 0.3) is 0 Å². The average molecular weight is 366 g/mol. The first kappa shape index (κ1) is 17.4. The second kappa shape index (κ2) is 6.61. The third kappa shape index (κ3) is 3.01. The summed E-state index contributed by atoms with van der Waals surface area (Å²) < 4.78 is 6.73. The summed E-state index contributed by atoms with van der Waals surface area (Å²) in [5.41, 5.74) is 1.19. The fourth-order valence-electron chi connectivity index (χ4n) is 3.54. The van der Waals surface area contributed by atoms with Gasteiger partial charge in [0.2, 0.25) is 0 Å². The maximum Gasteiger partial charge on any atom is 0.311 e. The molecule has 3 aromatic heterocycles. The van der Waals surface area contributed by atoms with Crippen LogP contribution < -0.4 is 4.90 Å². The number of carbonyl (C=O) groups excluding carboxylic acids is 1. The SMILES string of the molecule is COC(=O)C1(C)CCN(c2nc(-c3cccnc3)nc3c2cnn3C)CC1. The molecule has 0 saturated carbocycles. The highest BCUT2D eigenvalue weighted by atomic mass is 16.5. The van der Waals surface area contributed by atoms with E-state index >= 15 is 0 Å². The molecule has 0 N–H and O–H groups in total. The number of aromatic nitrogens is 5. The van der Waals surface area contributed by atoms with E-state index in [0.717, 1.165) is 35.5 Å². The molecule has 0 aliphatic carbocycles. The van der Waals surface area contributed by atoms with Crippen LogP contribution in [0.1, 0.15) is 19.8 Å². The van der Waals surface area contributed by atoms with Crippen molar-refractivity contribution in [2.24, 2.45) is 12.5 Å². The Morgan fingerprint density at radius 3 is 2.67 bits per heavy atom. The van der Waals surface area contributed by atoms with Crippen LogP contribution in [0.3, 0.4) is 0 Å². The molecule has 4 heterocycles. The maximum atomic E-state index is 12.1. The Bertz CT molecular complexity index is 977. The fraction of sp³-hybridized carbons (Fsp3) is 0.421. The first-order valence-corrected chi connectivity index (χ1v) is 8.95. The minimum Gasteiger partial charge on any atom is -0.469 e. The van der Waals surface area contributed by atoms with Crippen molar-refractivity contribution in [3.05, 3.63) is 30.7 Å². The summed E-state index contributed by atoms with van der Waals surface area (Å²) >= 11 is 0. The molecule has 8 heteroatoms. The summed E-state index contributed by atoms with van der Waals surface area (Å²) in [6, 6.07) is 3.81. The van der Waals surface area contributed by atoms with Gasteiger partial charge in [-0.25, -0.2) is 9.97 Å². The highest BCUT2D eigenvalue weighted by molar-refractivity contribution is 5.89. The molecule has 1 aliphatic heterocycles. The molecular formula is C19H22N6O2. The largest absolute Gasteiger partial charge is 0.469 e. The summed E-state index contributed by atoms with van der Waals surface area (Å²) in [6.07, 6.45) is 6.71. The van der Waals surface area contributed by atoms with E-state index in [4.69, 9.17) is 9.72 Å². The van der Waals surface area contributed by atoms with Crippen LogP contribution in [0.4, 0.5) is 5.82 Å². The number of piperidine rings is 1. The number of ether oxygens (including phenoxy) is 1. The molecular weight excluding hydrogens is 344 g/mol. The Morgan fingerprint density at radius 2 is 2.00 bits per heavy atom. The number of esters is 1. The van der Waals surface area contributed by atoms with Crippen LogP contribution in [-0.4, -0.2) is 50.9 Å². The molecule has 0 atom stereocenters. The average Bonchev–Trinajstić information content (AvgIpc) is 3.09. The van der Waals surface area contributed by atoms with E-state index in [-0.39, 0.29) is 5.97 Å². The Hall–Kier alpha value is -3.03. The lowest BCUT2D eigenvalue weighted by Gasteiger charge is -2.38. The van der Waals surface area contributed by atoms with E-state index < -0.39 is 5.41 Å². The number of methoxy groups -OCH3 is 1. The van der Waals surface area contributed by atoms with Gasteiger partial charge >= 0.3 is 5.97 Å². The number of nitrogens with zero attached hydrogens (tertiary/aromatic N) is 6. The van der Waals surface area contributed by atoms with Crippen LogP contribution in [-0.2, 0) is 16.6 Å². The third-order valence-electron chi connectivity index (χ3n) is 5.34. The molecule has 8 nitrogen and oxygen atoms in total. The molecule has 0 spiro atoms. The normalized spacial score (nSPS) is 16.5. The zero-order valence-electron chi connectivity index (χ0n) is 15.7. The zero-order valence-corrected chi connectivity index (χ0v) is 15.7. The first-order valence-electron chi connectivity index (χ1n) is 8.95. The van der Waals surface area contributed by atoms with Crippen molar-refractivity contribution in [1.82, 2.24) is 24.7 Å². The summed E-state index contributed by atoms with van der Waals surface area (Å²) in [5, 5.41) is 5.26. The van der Waals surface area contributed by atoms with Gasteiger partial charge in [0.1, 0.15) is 5.82 Å². The number of rotatable bonds is 3. The minimum absolute atomic E-state index is 0.146. The Morgan fingerprint density at radius 1 is 1.22 bits per heavy atom. The highest BCUT2D eigenvalue weighted by Gasteiger charge is 2.38. The quantitative estimate of drug-likeness (QED) is 0.657. The molecule has 27 heavy (non-hydrogen) atoms. The first-order chi connectivity index (χ1) is 13.0. The smallest absolute Gasteiger partial charge is 0.311 e. The van der Waals surface area contributed by atoms with E-state index in [1.807, 2.05) is 26.1 Å². The molecule has 4 rings (SSSR count). The van der Waals surface area contributed by atoms with E-state index in [1.165, 1.54) is 7.11 Å². The molecule has 0 amide bonds. The number of fused-ring (bicyclic) bond motifs is 1. The zero-order chi connectivity index (χ0) is 19.0. The van der Waals surface area contributed by atoms with Crippen LogP contribution in [0.2, 0.25) is 0 Å². The maximum absolute atomic E-state index is 12.1. The number of hydrogen-bond donors (Lipinski definition) is 0. The summed E-state index contributed by atoms with van der Waals surface area (Å²) in [5.74, 6) is 1.32. The molecule has 3 aromatic rings. The van der Waals surface area contributed by atoms with E-state index in [1.54, 1.807) is 23.3 Å². The molecule has 0 unspecified atom stereocenters. The van der Waals surface area contributed by atoms with Crippen molar-refractivity contribution in [1.29, 1.82) is 0 Å². The topological polar surface area (TPSA) is 86.0 Å². The van der Waals surface area contributed by atoms with Gasteiger partial charge in [-0.2, -0.15) is 5.10 Å². The van der Waals surface area contributed by atoms with Crippen molar-refractivity contribution in [2.45, 2.75) is 19.8 Å². The second-order valence-electron chi connectivity index (χ2n) is 7.16. The highest BCUT2D eigenvalue weighted by Crippen LogP contribution is 2.36. The Balaban J connectivity index is 1.73. The van der Waals surface area contributed by atoms with E-state index in [2.05, 4.69) is 20.0 Å². The number of carbonyl (C=O) groups is 1. The van der Waals surface area contributed by atoms with Crippen molar-refractivity contribution in [3.63, 3.8) is 0 Å². The van der Waals surface area contributed by atoms with Crippen LogP contribution in [0.5, 0.6) is 0 Å². The fourth-order valence-corrected chi connectivity index (χ4v) is 3.54. The molecule has 1 fully saturated rings. The lowest BCUT2D eigenvalue weighted by molar-refractivity contribution is -0.152. The van der Waals surface area contributed by atoms with Gasteiger partial charge in [0.05, 0.1) is 24.1 Å². The van der Waals surface area contributed by atoms with Crippen LogP contribution in [0, 0.1) is 5.41 Å². The van der Waals surface area contributed by atoms with Crippen LogP contribution in [0.15, 0.2) is 30.7 Å². The lowest BCUT2D eigenvalue weighted by Crippen LogP contribution is -2.43. The van der Waals surface area contributed by atoms with E-state index in [9.17, 15) is 4.79 Å². The van der Waals surface area contributed by atoms with Gasteiger partial charge in [-0.05, 0) is 31.9 Å². The standard InChI is InChI=1S/C19H22N6O2/c1-19(18(26)27-3)6-9-25(10-7-19)17-14-12-21-24(2)16(14)22-15(23-17)13-5-4-8-20-11-13/h4-5,8,11-12H,6-7,9-10H2,1-3H3. The predicted octanol–water partition coefficient (Wildman–Crippen LogP) is 2.20. The second-order valence-corrected chi connectivity index (χ2v) is 7.16. The van der Waals surface area contributed by atoms with Crippen molar-refractivity contribution >= 4 is 22.8 Å². The number of aryl methyl sites for hydroxylation is 1. The molecule has 1 saturated heterocycles. The lowest BCUT2D eigenvalue weighted by atomic mass is 9.80. The van der Waals surface area contributed by atoms with Crippen LogP contribution >= 0.6 is 0 Å². The minimum atomic E-state index is -0.446. The Kier molecular flexibility index (Phi) is 4.25. The third-order valence-corrected chi connectivity index (χ3v) is 5.34. The van der Waals surface area contributed by atoms with Crippen molar-refractivity contribution < 1.29 is 9.53 Å². The van der Waals surface area contributed by atoms with E-state index in [0.29, 0.717) is 18.7 Å². The predicted molar refractivity (Wildman–Crippen MR) is 101 cm³/mol. The van der Waals surface area contributed by atoms with Crippen molar-refractivity contribution in [2.75, 3.05) is 25.1 Å². The van der Waals surface area contributed by atoms with Gasteiger partial charge in [-0.1, -0.05) is 0 Å². The summed E-state index contributed by atoms with van der Waals surface area (Å²) in [7, 11) is 3.32. The molecule has 0 bridgehead atoms. The summed E-state index contributed by atoms with van der Waals surface area (Å²) in [4.78, 5) is 28.0. The molecule has 1 aliphatic rings. The molecule has 0 aromatic carbocycles. The number of hydrogen-bond acceptors (Lipinski definition) is 7. The molecule has 0 radical (unpaired) electrons. The number of pyridine rings is 1. The van der Waals surface area contributed by atoms with Gasteiger partial charge in [-0.3, -0.25) is 14.5 Å². The monoisotopic (exact) mass is 366 g/mol. The van der Waals surface area contributed by atoms with Gasteiger partial charge in [0, 0.05) is 38.1 Å². The molecule has 140 valence electrons. The van der Waals surface area contributed by atoms with Crippen LogP contribution in [0.25, 0.3) is 22.4 Å². The van der Waals surface area contributed by atoms with Crippen molar-refractivity contribution in [3.8, 4) is 11.4 Å². The number of anilines is 1.